The van der Waals surface area contributed by atoms with Gasteiger partial charge in [0.2, 0.25) is 0 Å². The summed E-state index contributed by atoms with van der Waals surface area (Å²) in [6.45, 7) is 5.79. The highest BCUT2D eigenvalue weighted by atomic mass is 35.5. The molecule has 7 nitrogen and oxygen atoms in total. The van der Waals surface area contributed by atoms with Crippen molar-refractivity contribution in [2.45, 2.75) is 36.5 Å². The number of ether oxygens (including phenoxy) is 1. The Kier molecular flexibility index (Phi) is 9.40. The van der Waals surface area contributed by atoms with Gasteiger partial charge in [-0.25, -0.2) is 22.0 Å². The summed E-state index contributed by atoms with van der Waals surface area (Å²) in [6, 6.07) is 10.9. The van der Waals surface area contributed by atoms with Crippen molar-refractivity contribution in [2.24, 2.45) is 0 Å². The van der Waals surface area contributed by atoms with Gasteiger partial charge in [-0.3, -0.25) is 4.98 Å². The molecule has 2 aromatic carbocycles. The number of benzene rings is 2. The second kappa shape index (κ2) is 12.1. The zero-order chi connectivity index (χ0) is 28.1. The van der Waals surface area contributed by atoms with E-state index in [1.807, 2.05) is 0 Å². The van der Waals surface area contributed by atoms with Crippen LogP contribution in [0.15, 0.2) is 65.7 Å². The highest BCUT2D eigenvalue weighted by molar-refractivity contribution is 7.91. The molecular weight excluding hydrogens is 556 g/mol. The van der Waals surface area contributed by atoms with Gasteiger partial charge in [-0.2, -0.15) is 0 Å². The number of alkyl carbamates (subject to hydrolysis) is 1. The molecule has 12 heteroatoms. The fraction of sp³-hybridized carbons (Fsp3) is 0.269. The maximum absolute atomic E-state index is 14.8. The molecule has 0 fully saturated rings. The van der Waals surface area contributed by atoms with Crippen LogP contribution in [0.3, 0.4) is 0 Å². The van der Waals surface area contributed by atoms with Crippen molar-refractivity contribution in [3.8, 4) is 0 Å². The van der Waals surface area contributed by atoms with Crippen LogP contribution in [-0.2, 0) is 14.6 Å². The Morgan fingerprint density at radius 1 is 1.05 bits per heavy atom. The number of thiocarbonyl (C=S) groups is 1. The smallest absolute Gasteiger partial charge is 0.407 e. The molecule has 0 aliphatic rings. The lowest BCUT2D eigenvalue weighted by atomic mass is 10.1. The molecule has 3 rings (SSSR count). The van der Waals surface area contributed by atoms with Gasteiger partial charge in [-0.05, 0) is 75.4 Å². The van der Waals surface area contributed by atoms with Crippen molar-refractivity contribution in [2.75, 3.05) is 13.1 Å². The van der Waals surface area contributed by atoms with E-state index in [9.17, 15) is 22.0 Å². The van der Waals surface area contributed by atoms with E-state index in [0.29, 0.717) is 22.1 Å². The van der Waals surface area contributed by atoms with Gasteiger partial charge >= 0.3 is 6.09 Å². The van der Waals surface area contributed by atoms with Crippen molar-refractivity contribution in [3.63, 3.8) is 0 Å². The van der Waals surface area contributed by atoms with E-state index in [-0.39, 0.29) is 22.7 Å². The summed E-state index contributed by atoms with van der Waals surface area (Å²) in [7, 11) is -4.26. The summed E-state index contributed by atoms with van der Waals surface area (Å²) in [6.07, 6.45) is 0.779. The van der Waals surface area contributed by atoms with E-state index in [1.165, 1.54) is 42.6 Å². The van der Waals surface area contributed by atoms with Gasteiger partial charge in [-0.15, -0.1) is 0 Å². The molecule has 1 aromatic heterocycles. The third-order valence-electron chi connectivity index (χ3n) is 5.09. The number of amides is 1. The quantitative estimate of drug-likeness (QED) is 0.273. The molecule has 0 radical (unpaired) electrons. The Morgan fingerprint density at radius 2 is 1.71 bits per heavy atom. The number of pyridine rings is 1. The number of hydrogen-bond donors (Lipinski definition) is 2. The molecule has 0 aliphatic heterocycles. The van der Waals surface area contributed by atoms with Crippen molar-refractivity contribution in [1.82, 2.24) is 15.6 Å². The lowest BCUT2D eigenvalue weighted by molar-refractivity contribution is 0.0529. The van der Waals surface area contributed by atoms with Gasteiger partial charge in [0.15, 0.2) is 9.84 Å². The summed E-state index contributed by atoms with van der Waals surface area (Å²) in [5.74, 6) is -1.69. The lowest BCUT2D eigenvalue weighted by Crippen LogP contribution is -2.37. The largest absolute Gasteiger partial charge is 0.444 e. The average Bonchev–Trinajstić information content (AvgIpc) is 2.83. The summed E-state index contributed by atoms with van der Waals surface area (Å²) in [4.78, 5) is 16.1. The second-order valence-electron chi connectivity index (χ2n) is 9.20. The number of rotatable bonds is 8. The normalized spacial score (nSPS) is 12.5. The highest BCUT2D eigenvalue weighted by Crippen LogP contribution is 2.36. The van der Waals surface area contributed by atoms with Crippen LogP contribution < -0.4 is 10.6 Å². The number of nitrogens with zero attached hydrogens (tertiary/aromatic N) is 1. The Labute approximate surface area is 230 Å². The molecule has 1 amide bonds. The monoisotopic (exact) mass is 581 g/mol. The van der Waals surface area contributed by atoms with Crippen LogP contribution in [0.2, 0.25) is 5.02 Å². The molecular formula is C26H26ClF2N3O4S2. The Hall–Kier alpha value is -3.15. The number of carbonyl (C=O) groups is 1. The third-order valence-corrected chi connectivity index (χ3v) is 7.77. The van der Waals surface area contributed by atoms with Gasteiger partial charge in [-0.1, -0.05) is 23.8 Å². The van der Waals surface area contributed by atoms with Crippen molar-refractivity contribution >= 4 is 44.7 Å². The van der Waals surface area contributed by atoms with Crippen molar-refractivity contribution in [3.05, 3.63) is 94.3 Å². The number of sulfone groups is 1. The first-order valence-electron chi connectivity index (χ1n) is 11.4. The first-order chi connectivity index (χ1) is 17.8. The van der Waals surface area contributed by atoms with E-state index in [4.69, 9.17) is 28.6 Å². The molecule has 3 aromatic rings. The Morgan fingerprint density at radius 3 is 2.32 bits per heavy atom. The van der Waals surface area contributed by atoms with Crippen LogP contribution in [0.4, 0.5) is 13.6 Å². The maximum Gasteiger partial charge on any atom is 0.407 e. The summed E-state index contributed by atoms with van der Waals surface area (Å²) in [5, 5.41) is 4.24. The number of aromatic nitrogens is 1. The molecule has 0 saturated heterocycles. The predicted molar refractivity (Wildman–Crippen MR) is 145 cm³/mol. The first kappa shape index (κ1) is 29.4. The second-order valence-corrected chi connectivity index (χ2v) is 12.1. The van der Waals surface area contributed by atoms with E-state index in [2.05, 4.69) is 15.6 Å². The lowest BCUT2D eigenvalue weighted by Gasteiger charge is -2.20. The van der Waals surface area contributed by atoms with Crippen LogP contribution in [0.25, 0.3) is 0 Å². The molecule has 202 valence electrons. The molecule has 0 saturated carbocycles. The van der Waals surface area contributed by atoms with Crippen LogP contribution in [0.1, 0.15) is 42.8 Å². The highest BCUT2D eigenvalue weighted by Gasteiger charge is 2.34. The standard InChI is InChI=1S/C26H26ClF2N3O4S2/c1-26(2,3)36-25(33)31-13-12-30-24(37)16-4-11-22(32-15-16)23(20-14-18(28)7-10-21(20)29)38(34,35)19-8-5-17(27)6-9-19/h4-11,14-15,23H,12-13H2,1-3H3,(H,30,37)(H,31,33). The van der Waals surface area contributed by atoms with Gasteiger partial charge in [0.25, 0.3) is 0 Å². The SMILES string of the molecule is CC(C)(C)OC(=O)NCCNC(=S)c1ccc(C(c2cc(F)ccc2F)S(=O)(=O)c2ccc(Cl)cc2)nc1. The summed E-state index contributed by atoms with van der Waals surface area (Å²) < 4.78 is 61.2. The average molecular weight is 582 g/mol. The van der Waals surface area contributed by atoms with Gasteiger partial charge in [0, 0.05) is 35.4 Å². The molecule has 1 atom stereocenters. The van der Waals surface area contributed by atoms with Crippen LogP contribution in [0, 0.1) is 11.6 Å². The Bertz CT molecular complexity index is 1410. The van der Waals surface area contributed by atoms with E-state index in [1.54, 1.807) is 20.8 Å². The van der Waals surface area contributed by atoms with Gasteiger partial charge < -0.3 is 15.4 Å². The number of nitrogens with one attached hydrogen (secondary N) is 2. The molecule has 2 N–H and O–H groups in total. The topological polar surface area (TPSA) is 97.4 Å². The molecule has 0 spiro atoms. The van der Waals surface area contributed by atoms with Gasteiger partial charge in [0.1, 0.15) is 27.5 Å². The van der Waals surface area contributed by atoms with E-state index < -0.39 is 38.4 Å². The van der Waals surface area contributed by atoms with E-state index >= 15 is 0 Å². The fourth-order valence-electron chi connectivity index (χ4n) is 3.41. The Balaban J connectivity index is 1.82. The van der Waals surface area contributed by atoms with Crippen LogP contribution >= 0.6 is 23.8 Å². The van der Waals surface area contributed by atoms with E-state index in [0.717, 1.165) is 18.2 Å². The number of hydrogen-bond acceptors (Lipinski definition) is 6. The zero-order valence-electron chi connectivity index (χ0n) is 20.8. The summed E-state index contributed by atoms with van der Waals surface area (Å²) in [5.41, 5.74) is -0.562. The first-order valence-corrected chi connectivity index (χ1v) is 13.8. The van der Waals surface area contributed by atoms with Crippen molar-refractivity contribution < 1.29 is 26.7 Å². The van der Waals surface area contributed by atoms with Gasteiger partial charge in [0.05, 0.1) is 10.6 Å². The minimum atomic E-state index is -4.26. The molecule has 1 heterocycles. The zero-order valence-corrected chi connectivity index (χ0v) is 23.2. The summed E-state index contributed by atoms with van der Waals surface area (Å²) >= 11 is 11.2. The predicted octanol–water partition coefficient (Wildman–Crippen LogP) is 5.37. The number of carbonyl (C=O) groups excluding carboxylic acids is 1. The molecule has 1 unspecified atom stereocenters. The van der Waals surface area contributed by atoms with Crippen LogP contribution in [-0.4, -0.2) is 43.2 Å². The fourth-order valence-corrected chi connectivity index (χ4v) is 5.52. The molecule has 38 heavy (non-hydrogen) atoms. The minimum Gasteiger partial charge on any atom is -0.444 e. The van der Waals surface area contributed by atoms with Crippen molar-refractivity contribution in [1.29, 1.82) is 0 Å². The number of halogens is 3. The van der Waals surface area contributed by atoms with Crippen LogP contribution in [0.5, 0.6) is 0 Å². The third kappa shape index (κ3) is 7.68. The molecule has 0 aliphatic carbocycles. The maximum atomic E-state index is 14.8. The minimum absolute atomic E-state index is 0.0254. The molecule has 0 bridgehead atoms.